The zero-order valence-electron chi connectivity index (χ0n) is 10.9. The standard InChI is InChI=1S/C14H16N2O4/c17-7-2-1-6-15-14(19)12-9-13(20-16-12)10-4-3-5-11(18)8-10/h3-5,8-9,17-18H,1-2,6-7H2,(H,15,19). The molecule has 1 aromatic carbocycles. The highest BCUT2D eigenvalue weighted by atomic mass is 16.5. The third-order valence-corrected chi connectivity index (χ3v) is 2.74. The van der Waals surface area contributed by atoms with E-state index in [0.717, 1.165) is 0 Å². The molecule has 0 fully saturated rings. The van der Waals surface area contributed by atoms with Crippen LogP contribution in [0.4, 0.5) is 0 Å². The van der Waals surface area contributed by atoms with Crippen molar-refractivity contribution in [1.29, 1.82) is 0 Å². The lowest BCUT2D eigenvalue weighted by atomic mass is 10.1. The van der Waals surface area contributed by atoms with Crippen LogP contribution in [0.5, 0.6) is 5.75 Å². The number of hydrogen-bond acceptors (Lipinski definition) is 5. The molecule has 0 spiro atoms. The maximum atomic E-state index is 11.8. The van der Waals surface area contributed by atoms with Gasteiger partial charge in [0.2, 0.25) is 0 Å². The molecule has 6 heteroatoms. The van der Waals surface area contributed by atoms with Crippen molar-refractivity contribution in [3.05, 3.63) is 36.0 Å². The molecule has 2 aromatic rings. The molecule has 0 aliphatic carbocycles. The van der Waals surface area contributed by atoms with Gasteiger partial charge in [-0.05, 0) is 25.0 Å². The number of aliphatic hydroxyl groups is 1. The van der Waals surface area contributed by atoms with Crippen molar-refractivity contribution in [1.82, 2.24) is 10.5 Å². The van der Waals surface area contributed by atoms with Gasteiger partial charge in [0, 0.05) is 24.8 Å². The lowest BCUT2D eigenvalue weighted by Crippen LogP contribution is -2.24. The SMILES string of the molecule is O=C(NCCCCO)c1cc(-c2cccc(O)c2)on1. The number of phenolic OH excluding ortho intramolecular Hbond substituents is 1. The van der Waals surface area contributed by atoms with E-state index >= 15 is 0 Å². The Kier molecular flexibility index (Phi) is 4.73. The number of amides is 1. The molecule has 0 saturated heterocycles. The van der Waals surface area contributed by atoms with Crippen LogP contribution >= 0.6 is 0 Å². The molecule has 0 bridgehead atoms. The summed E-state index contributed by atoms with van der Waals surface area (Å²) in [6.45, 7) is 0.592. The van der Waals surface area contributed by atoms with E-state index in [1.165, 1.54) is 12.1 Å². The van der Waals surface area contributed by atoms with Gasteiger partial charge >= 0.3 is 0 Å². The third-order valence-electron chi connectivity index (χ3n) is 2.74. The molecule has 0 atom stereocenters. The fourth-order valence-corrected chi connectivity index (χ4v) is 1.71. The summed E-state index contributed by atoms with van der Waals surface area (Å²) in [6, 6.07) is 8.04. The number of aromatic hydroxyl groups is 1. The van der Waals surface area contributed by atoms with Crippen molar-refractivity contribution >= 4 is 5.91 Å². The predicted molar refractivity (Wildman–Crippen MR) is 72.3 cm³/mol. The van der Waals surface area contributed by atoms with Crippen molar-refractivity contribution in [3.63, 3.8) is 0 Å². The Balaban J connectivity index is 2.00. The van der Waals surface area contributed by atoms with E-state index in [2.05, 4.69) is 10.5 Å². The summed E-state index contributed by atoms with van der Waals surface area (Å²) in [7, 11) is 0. The molecular formula is C14H16N2O4. The van der Waals surface area contributed by atoms with E-state index in [1.807, 2.05) is 0 Å². The summed E-state index contributed by atoms with van der Waals surface area (Å²) >= 11 is 0. The number of phenols is 1. The molecule has 1 amide bonds. The van der Waals surface area contributed by atoms with Crippen LogP contribution in [0.3, 0.4) is 0 Å². The lowest BCUT2D eigenvalue weighted by molar-refractivity contribution is 0.0943. The predicted octanol–water partition coefficient (Wildman–Crippen LogP) is 1.55. The number of carbonyl (C=O) groups excluding carboxylic acids is 1. The van der Waals surface area contributed by atoms with E-state index in [0.29, 0.717) is 30.7 Å². The number of rotatable bonds is 6. The third kappa shape index (κ3) is 3.58. The van der Waals surface area contributed by atoms with Crippen LogP contribution in [-0.4, -0.2) is 34.4 Å². The van der Waals surface area contributed by atoms with Crippen LogP contribution in [0.25, 0.3) is 11.3 Å². The van der Waals surface area contributed by atoms with Crippen molar-refractivity contribution in [2.45, 2.75) is 12.8 Å². The van der Waals surface area contributed by atoms with E-state index in [9.17, 15) is 9.90 Å². The first-order valence-corrected chi connectivity index (χ1v) is 6.36. The number of benzene rings is 1. The number of unbranched alkanes of at least 4 members (excludes halogenated alkanes) is 1. The second-order valence-electron chi connectivity index (χ2n) is 4.31. The Labute approximate surface area is 116 Å². The summed E-state index contributed by atoms with van der Waals surface area (Å²) in [5.74, 6) is 0.216. The maximum Gasteiger partial charge on any atom is 0.273 e. The van der Waals surface area contributed by atoms with Gasteiger partial charge in [0.05, 0.1) is 0 Å². The van der Waals surface area contributed by atoms with Gasteiger partial charge in [-0.25, -0.2) is 0 Å². The number of aliphatic hydroxyl groups excluding tert-OH is 1. The molecule has 0 aliphatic heterocycles. The minimum absolute atomic E-state index is 0.113. The van der Waals surface area contributed by atoms with E-state index < -0.39 is 0 Å². The number of hydrogen-bond donors (Lipinski definition) is 3. The molecule has 20 heavy (non-hydrogen) atoms. The van der Waals surface area contributed by atoms with Crippen LogP contribution in [0, 0.1) is 0 Å². The van der Waals surface area contributed by atoms with Crippen LogP contribution in [-0.2, 0) is 0 Å². The van der Waals surface area contributed by atoms with Gasteiger partial charge in [-0.15, -0.1) is 0 Å². The van der Waals surface area contributed by atoms with Crippen molar-refractivity contribution in [3.8, 4) is 17.1 Å². The second kappa shape index (κ2) is 6.72. The van der Waals surface area contributed by atoms with Crippen molar-refractivity contribution in [2.75, 3.05) is 13.2 Å². The molecule has 106 valence electrons. The van der Waals surface area contributed by atoms with Crippen molar-refractivity contribution in [2.24, 2.45) is 0 Å². The monoisotopic (exact) mass is 276 g/mol. The Morgan fingerprint density at radius 2 is 2.15 bits per heavy atom. The minimum Gasteiger partial charge on any atom is -0.508 e. The van der Waals surface area contributed by atoms with Gasteiger partial charge in [-0.1, -0.05) is 17.3 Å². The van der Waals surface area contributed by atoms with Crippen LogP contribution in [0.1, 0.15) is 23.3 Å². The molecule has 0 radical (unpaired) electrons. The van der Waals surface area contributed by atoms with Crippen molar-refractivity contribution < 1.29 is 19.5 Å². The van der Waals surface area contributed by atoms with Gasteiger partial charge in [0.15, 0.2) is 11.5 Å². The second-order valence-corrected chi connectivity index (χ2v) is 4.31. The molecular weight excluding hydrogens is 260 g/mol. The number of nitrogens with one attached hydrogen (secondary N) is 1. The highest BCUT2D eigenvalue weighted by Gasteiger charge is 2.13. The van der Waals surface area contributed by atoms with Gasteiger partial charge in [-0.2, -0.15) is 0 Å². The zero-order chi connectivity index (χ0) is 14.4. The fourth-order valence-electron chi connectivity index (χ4n) is 1.71. The molecule has 3 N–H and O–H groups in total. The Bertz CT molecular complexity index is 580. The fraction of sp³-hybridized carbons (Fsp3) is 0.286. The van der Waals surface area contributed by atoms with Gasteiger partial charge in [-0.3, -0.25) is 4.79 Å². The number of carbonyl (C=O) groups is 1. The molecule has 6 nitrogen and oxygen atoms in total. The Hall–Kier alpha value is -2.34. The minimum atomic E-state index is -0.321. The Morgan fingerprint density at radius 3 is 2.90 bits per heavy atom. The smallest absolute Gasteiger partial charge is 0.273 e. The molecule has 0 unspecified atom stereocenters. The number of nitrogens with zero attached hydrogens (tertiary/aromatic N) is 1. The average Bonchev–Trinajstić information content (AvgIpc) is 2.93. The largest absolute Gasteiger partial charge is 0.508 e. The zero-order valence-corrected chi connectivity index (χ0v) is 10.9. The van der Waals surface area contributed by atoms with Gasteiger partial charge < -0.3 is 20.1 Å². The maximum absolute atomic E-state index is 11.8. The van der Waals surface area contributed by atoms with Gasteiger partial charge in [0.25, 0.3) is 5.91 Å². The average molecular weight is 276 g/mol. The summed E-state index contributed by atoms with van der Waals surface area (Å²) in [5.41, 5.74) is 0.837. The van der Waals surface area contributed by atoms with E-state index in [-0.39, 0.29) is 24.0 Å². The first-order valence-electron chi connectivity index (χ1n) is 6.36. The normalized spacial score (nSPS) is 10.4. The van der Waals surface area contributed by atoms with Crippen LogP contribution < -0.4 is 5.32 Å². The molecule has 1 aromatic heterocycles. The van der Waals surface area contributed by atoms with E-state index in [4.69, 9.17) is 9.63 Å². The summed E-state index contributed by atoms with van der Waals surface area (Å²) in [5, 5.41) is 24.4. The first-order chi connectivity index (χ1) is 9.70. The quantitative estimate of drug-likeness (QED) is 0.696. The summed E-state index contributed by atoms with van der Waals surface area (Å²) in [4.78, 5) is 11.8. The number of aromatic nitrogens is 1. The topological polar surface area (TPSA) is 95.6 Å². The lowest BCUT2D eigenvalue weighted by Gasteiger charge is -2.00. The molecule has 0 aliphatic rings. The highest BCUT2D eigenvalue weighted by molar-refractivity contribution is 5.93. The van der Waals surface area contributed by atoms with Gasteiger partial charge in [0.1, 0.15) is 5.75 Å². The molecule has 1 heterocycles. The highest BCUT2D eigenvalue weighted by Crippen LogP contribution is 2.23. The van der Waals surface area contributed by atoms with Crippen LogP contribution in [0.15, 0.2) is 34.9 Å². The van der Waals surface area contributed by atoms with E-state index in [1.54, 1.807) is 18.2 Å². The Morgan fingerprint density at radius 1 is 1.30 bits per heavy atom. The molecule has 2 rings (SSSR count). The summed E-state index contributed by atoms with van der Waals surface area (Å²) in [6.07, 6.45) is 1.35. The first kappa shape index (κ1) is 14.1. The summed E-state index contributed by atoms with van der Waals surface area (Å²) < 4.78 is 5.09. The van der Waals surface area contributed by atoms with Crippen LogP contribution in [0.2, 0.25) is 0 Å². The molecule has 0 saturated carbocycles.